The van der Waals surface area contributed by atoms with Crippen LogP contribution in [-0.2, 0) is 29.7 Å². The summed E-state index contributed by atoms with van der Waals surface area (Å²) >= 11 is 1.46. The Balaban J connectivity index is 0.000000202. The molecule has 220 valence electrons. The number of rotatable bonds is 5. The third-order valence-corrected chi connectivity index (χ3v) is 10.5. The standard InChI is InChI=1S/C32H25.C13H10.Zr/c1-22-17-18-27-25(19-22)20-28-30(27)29(23-11-5-3-6-12-23)21-32(2,26-15-7-4-8-16-26)31(28)24-13-9-10-14-24;1-3-7-12(8-4-1)11-13-9-5-2-6-10-13;/h3-13,15-19,21H,14H2,1-2H3;1-10H;/q-1;;. The average molecular weight is 667 g/mol. The Hall–Kier alpha value is -4.45. The van der Waals surface area contributed by atoms with Crippen LogP contribution < -0.4 is 10.4 Å². The molecular weight excluding hydrogens is 632 g/mol. The van der Waals surface area contributed by atoms with Gasteiger partial charge in [0.1, 0.15) is 0 Å². The fourth-order valence-electron chi connectivity index (χ4n) is 6.83. The van der Waals surface area contributed by atoms with E-state index < -0.39 is 0 Å². The van der Waals surface area contributed by atoms with Crippen LogP contribution in [0.2, 0.25) is 0 Å². The van der Waals surface area contributed by atoms with Gasteiger partial charge in [-0.3, -0.25) is 0 Å². The predicted molar refractivity (Wildman–Crippen MR) is 190 cm³/mol. The molecule has 1 unspecified atom stereocenters. The number of hydrogen-bond donors (Lipinski definition) is 0. The predicted octanol–water partition coefficient (Wildman–Crippen LogP) is 8.86. The number of aryl methyl sites for hydroxylation is 1. The summed E-state index contributed by atoms with van der Waals surface area (Å²) in [7, 11) is 0. The summed E-state index contributed by atoms with van der Waals surface area (Å²) in [4.78, 5) is 0. The molecule has 3 aliphatic carbocycles. The van der Waals surface area contributed by atoms with E-state index in [-0.39, 0.29) is 5.41 Å². The van der Waals surface area contributed by atoms with Gasteiger partial charge in [-0.2, -0.15) is 0 Å². The van der Waals surface area contributed by atoms with Gasteiger partial charge in [0.05, 0.1) is 0 Å². The summed E-state index contributed by atoms with van der Waals surface area (Å²) in [6, 6.07) is 49.6. The van der Waals surface area contributed by atoms with Crippen LogP contribution >= 0.6 is 0 Å². The number of hydrogen-bond acceptors (Lipinski definition) is 0. The molecule has 0 aromatic heterocycles. The van der Waals surface area contributed by atoms with Gasteiger partial charge in [0.15, 0.2) is 0 Å². The number of benzene rings is 5. The van der Waals surface area contributed by atoms with Crippen LogP contribution in [0.5, 0.6) is 0 Å². The molecule has 5 aromatic carbocycles. The molecule has 8 rings (SSSR count). The van der Waals surface area contributed by atoms with Crippen LogP contribution in [0.15, 0.2) is 181 Å². The third kappa shape index (κ3) is 5.81. The summed E-state index contributed by atoms with van der Waals surface area (Å²) in [5, 5.41) is 2.50. The van der Waals surface area contributed by atoms with Gasteiger partial charge < -0.3 is 0 Å². The first-order valence-corrected chi connectivity index (χ1v) is 17.2. The molecule has 0 amide bonds. The van der Waals surface area contributed by atoms with Crippen molar-refractivity contribution in [2.75, 3.05) is 0 Å². The minimum atomic E-state index is -0.243. The third-order valence-electron chi connectivity index (χ3n) is 9.10. The first-order chi connectivity index (χ1) is 22.5. The second-order valence-electron chi connectivity index (χ2n) is 12.2. The SMILES string of the molecule is Cc1ccc2c(c1)=[C-]C1=C(C3=CC=CC3)C(C)(c3ccccc3)C=C(c3ccccc3)C=21.[Zr]=[C](c1ccccc1)c1ccccc1. The van der Waals surface area contributed by atoms with Crippen LogP contribution in [0.25, 0.3) is 17.2 Å². The molecule has 1 heteroatoms. The Morgan fingerprint density at radius 1 is 0.717 bits per heavy atom. The molecule has 0 N–H and O–H groups in total. The molecule has 0 aliphatic heterocycles. The summed E-state index contributed by atoms with van der Waals surface area (Å²) in [5.41, 5.74) is 12.9. The van der Waals surface area contributed by atoms with Crippen LogP contribution in [-0.4, -0.2) is 3.21 Å². The first-order valence-electron chi connectivity index (χ1n) is 15.9. The maximum absolute atomic E-state index is 3.86. The Labute approximate surface area is 287 Å². The molecule has 0 spiro atoms. The summed E-state index contributed by atoms with van der Waals surface area (Å²) in [5.74, 6) is 0. The minimum absolute atomic E-state index is 0.243. The van der Waals surface area contributed by atoms with Crippen molar-refractivity contribution in [2.45, 2.75) is 25.7 Å². The molecule has 1 atom stereocenters. The van der Waals surface area contributed by atoms with Gasteiger partial charge >= 0.3 is 99.2 Å². The Morgan fingerprint density at radius 2 is 1.30 bits per heavy atom. The van der Waals surface area contributed by atoms with E-state index in [2.05, 4.69) is 184 Å². The van der Waals surface area contributed by atoms with Gasteiger partial charge in [-0.1, -0.05) is 126 Å². The first kappa shape index (κ1) is 30.2. The zero-order valence-electron chi connectivity index (χ0n) is 26.3. The second kappa shape index (κ2) is 13.1. The molecule has 0 heterocycles. The van der Waals surface area contributed by atoms with Crippen LogP contribution in [0.1, 0.15) is 41.2 Å². The zero-order valence-corrected chi connectivity index (χ0v) is 28.8. The molecule has 5 aromatic rings. The van der Waals surface area contributed by atoms with Gasteiger partial charge in [0, 0.05) is 5.41 Å². The molecular formula is C45H35Zr-. The quantitative estimate of drug-likeness (QED) is 0.165. The van der Waals surface area contributed by atoms with Crippen molar-refractivity contribution in [3.8, 4) is 0 Å². The van der Waals surface area contributed by atoms with Crippen molar-refractivity contribution < 1.29 is 24.2 Å². The molecule has 0 saturated heterocycles. The van der Waals surface area contributed by atoms with Crippen molar-refractivity contribution in [2.24, 2.45) is 0 Å². The van der Waals surface area contributed by atoms with Gasteiger partial charge in [-0.05, 0) is 24.5 Å². The van der Waals surface area contributed by atoms with Crippen molar-refractivity contribution in [3.63, 3.8) is 0 Å². The fraction of sp³-hybridized carbons (Fsp3) is 0.0889. The van der Waals surface area contributed by atoms with Crippen molar-refractivity contribution in [3.05, 3.63) is 219 Å². The summed E-state index contributed by atoms with van der Waals surface area (Å²) in [6.45, 7) is 4.54. The van der Waals surface area contributed by atoms with E-state index >= 15 is 0 Å². The average Bonchev–Trinajstić information content (AvgIpc) is 3.78. The van der Waals surface area contributed by atoms with E-state index in [0.29, 0.717) is 0 Å². The van der Waals surface area contributed by atoms with Gasteiger partial charge in [0.2, 0.25) is 0 Å². The van der Waals surface area contributed by atoms with Crippen molar-refractivity contribution >= 4 is 20.4 Å². The van der Waals surface area contributed by atoms with Gasteiger partial charge in [-0.25, -0.2) is 0 Å². The van der Waals surface area contributed by atoms with E-state index in [1.165, 1.54) is 93.6 Å². The van der Waals surface area contributed by atoms with Crippen molar-refractivity contribution in [1.82, 2.24) is 0 Å². The van der Waals surface area contributed by atoms with Crippen LogP contribution in [0, 0.1) is 6.92 Å². The summed E-state index contributed by atoms with van der Waals surface area (Å²) in [6.07, 6.45) is 14.1. The summed E-state index contributed by atoms with van der Waals surface area (Å²) < 4.78 is 1.42. The Bertz CT molecular complexity index is 2120. The van der Waals surface area contributed by atoms with Gasteiger partial charge in [0.25, 0.3) is 0 Å². The Kier molecular flexibility index (Phi) is 8.62. The molecule has 0 radical (unpaired) electrons. The second-order valence-corrected chi connectivity index (χ2v) is 13.5. The van der Waals surface area contributed by atoms with Crippen molar-refractivity contribution in [1.29, 1.82) is 0 Å². The van der Waals surface area contributed by atoms with E-state index in [9.17, 15) is 0 Å². The number of allylic oxidation sites excluding steroid dienone is 8. The molecule has 0 nitrogen and oxygen atoms in total. The molecule has 3 aliphatic rings. The van der Waals surface area contributed by atoms with E-state index in [1.807, 2.05) is 0 Å². The number of fused-ring (bicyclic) bond motifs is 2. The molecule has 0 fully saturated rings. The Morgan fingerprint density at radius 3 is 1.89 bits per heavy atom. The monoisotopic (exact) mass is 665 g/mol. The normalized spacial score (nSPS) is 17.6. The zero-order chi connectivity index (χ0) is 31.5. The van der Waals surface area contributed by atoms with Crippen LogP contribution in [0.4, 0.5) is 0 Å². The van der Waals surface area contributed by atoms with Gasteiger partial charge in [-0.15, -0.1) is 33.7 Å². The molecule has 46 heavy (non-hydrogen) atoms. The van der Waals surface area contributed by atoms with E-state index in [0.717, 1.165) is 6.42 Å². The topological polar surface area (TPSA) is 0 Å². The van der Waals surface area contributed by atoms with Crippen LogP contribution in [0.3, 0.4) is 0 Å². The fourth-order valence-corrected chi connectivity index (χ4v) is 7.65. The van der Waals surface area contributed by atoms with E-state index in [1.54, 1.807) is 0 Å². The molecule has 0 bridgehead atoms. The maximum atomic E-state index is 3.86. The molecule has 0 saturated carbocycles. The van der Waals surface area contributed by atoms with E-state index in [4.69, 9.17) is 0 Å².